The van der Waals surface area contributed by atoms with E-state index in [4.69, 9.17) is 4.74 Å². The summed E-state index contributed by atoms with van der Waals surface area (Å²) in [6.07, 6.45) is 2.32. The van der Waals surface area contributed by atoms with E-state index >= 15 is 0 Å². The second-order valence-corrected chi connectivity index (χ2v) is 9.99. The number of hydrogen-bond donors (Lipinski definition) is 1. The number of amides is 2. The van der Waals surface area contributed by atoms with Crippen LogP contribution in [-0.4, -0.2) is 57.6 Å². The summed E-state index contributed by atoms with van der Waals surface area (Å²) in [6.45, 7) is 4.62. The molecule has 1 atom stereocenters. The molecular formula is C25H35N3O5S. The van der Waals surface area contributed by atoms with Crippen molar-refractivity contribution in [3.63, 3.8) is 0 Å². The zero-order chi connectivity index (χ0) is 25.1. The van der Waals surface area contributed by atoms with Gasteiger partial charge in [-0.2, -0.15) is 0 Å². The largest absolute Gasteiger partial charge is 0.495 e. The summed E-state index contributed by atoms with van der Waals surface area (Å²) in [5.74, 6) is 0.0144. The number of anilines is 1. The van der Waals surface area contributed by atoms with Crippen molar-refractivity contribution in [2.45, 2.75) is 45.7 Å². The van der Waals surface area contributed by atoms with Crippen molar-refractivity contribution in [1.82, 2.24) is 10.2 Å². The van der Waals surface area contributed by atoms with Gasteiger partial charge in [0, 0.05) is 26.1 Å². The van der Waals surface area contributed by atoms with Gasteiger partial charge in [0.1, 0.15) is 11.8 Å². The van der Waals surface area contributed by atoms with E-state index in [-0.39, 0.29) is 24.8 Å². The molecule has 0 spiro atoms. The highest BCUT2D eigenvalue weighted by Crippen LogP contribution is 2.29. The standard InChI is InChI=1S/C25H35N3O5S/c1-5-17-26-25(30)20(2)27(19-21-12-7-6-8-13-21)24(29)16-11-18-28(34(4,31)32)22-14-9-10-15-23(22)33-3/h6-10,12-15,20H,5,11,16-19H2,1-4H3,(H,26,30)/t20-/m1/s1. The number of methoxy groups -OCH3 is 1. The first-order valence-corrected chi connectivity index (χ1v) is 13.3. The molecule has 2 aromatic carbocycles. The van der Waals surface area contributed by atoms with Gasteiger partial charge in [-0.3, -0.25) is 13.9 Å². The fourth-order valence-electron chi connectivity index (χ4n) is 3.58. The van der Waals surface area contributed by atoms with Crippen molar-refractivity contribution >= 4 is 27.5 Å². The zero-order valence-electron chi connectivity index (χ0n) is 20.4. The maximum absolute atomic E-state index is 13.2. The highest BCUT2D eigenvalue weighted by atomic mass is 32.2. The van der Waals surface area contributed by atoms with Crippen LogP contribution in [0.5, 0.6) is 5.75 Å². The summed E-state index contributed by atoms with van der Waals surface area (Å²) in [5.41, 5.74) is 1.34. The molecule has 0 saturated carbocycles. The van der Waals surface area contributed by atoms with Crippen molar-refractivity contribution < 1.29 is 22.7 Å². The Morgan fingerprint density at radius 1 is 1.06 bits per heavy atom. The van der Waals surface area contributed by atoms with Gasteiger partial charge < -0.3 is 15.0 Å². The van der Waals surface area contributed by atoms with E-state index in [1.165, 1.54) is 11.4 Å². The van der Waals surface area contributed by atoms with Gasteiger partial charge in [-0.05, 0) is 37.5 Å². The average molecular weight is 490 g/mol. The number of nitrogens with zero attached hydrogens (tertiary/aromatic N) is 2. The first-order valence-electron chi connectivity index (χ1n) is 11.4. The van der Waals surface area contributed by atoms with Crippen LogP contribution >= 0.6 is 0 Å². The van der Waals surface area contributed by atoms with Crippen LogP contribution in [0, 0.1) is 0 Å². The van der Waals surface area contributed by atoms with Crippen LogP contribution < -0.4 is 14.4 Å². The van der Waals surface area contributed by atoms with E-state index in [1.807, 2.05) is 37.3 Å². The van der Waals surface area contributed by atoms with Crippen LogP contribution in [0.15, 0.2) is 54.6 Å². The van der Waals surface area contributed by atoms with Gasteiger partial charge in [0.2, 0.25) is 21.8 Å². The van der Waals surface area contributed by atoms with E-state index < -0.39 is 16.1 Å². The van der Waals surface area contributed by atoms with E-state index in [1.54, 1.807) is 36.1 Å². The lowest BCUT2D eigenvalue weighted by Crippen LogP contribution is -2.47. The summed E-state index contributed by atoms with van der Waals surface area (Å²) in [7, 11) is -2.11. The molecule has 0 radical (unpaired) electrons. The summed E-state index contributed by atoms with van der Waals surface area (Å²) < 4.78 is 31.5. The Bertz CT molecular complexity index is 1040. The zero-order valence-corrected chi connectivity index (χ0v) is 21.2. The fraction of sp³-hybridized carbons (Fsp3) is 0.440. The Morgan fingerprint density at radius 2 is 1.71 bits per heavy atom. The minimum absolute atomic E-state index is 0.0966. The van der Waals surface area contributed by atoms with E-state index in [9.17, 15) is 18.0 Å². The SMILES string of the molecule is CCCNC(=O)[C@@H](C)N(Cc1ccccc1)C(=O)CCCN(c1ccccc1OC)S(C)(=O)=O. The lowest BCUT2D eigenvalue weighted by Gasteiger charge is -2.29. The molecule has 9 heteroatoms. The van der Waals surface area contributed by atoms with Crippen molar-refractivity contribution in [3.8, 4) is 5.75 Å². The lowest BCUT2D eigenvalue weighted by molar-refractivity contribution is -0.140. The fourth-order valence-corrected chi connectivity index (χ4v) is 4.55. The Kier molecular flexibility index (Phi) is 10.4. The van der Waals surface area contributed by atoms with Gasteiger partial charge in [0.05, 0.1) is 19.1 Å². The molecule has 0 heterocycles. The molecule has 0 bridgehead atoms. The summed E-state index contributed by atoms with van der Waals surface area (Å²) in [4.78, 5) is 27.4. The third kappa shape index (κ3) is 7.76. The predicted octanol–water partition coefficient (Wildman–Crippen LogP) is 3.18. The summed E-state index contributed by atoms with van der Waals surface area (Å²) >= 11 is 0. The summed E-state index contributed by atoms with van der Waals surface area (Å²) in [5, 5.41) is 2.85. The van der Waals surface area contributed by atoms with Crippen LogP contribution in [0.3, 0.4) is 0 Å². The number of para-hydroxylation sites is 2. The second-order valence-electron chi connectivity index (χ2n) is 8.08. The van der Waals surface area contributed by atoms with Crippen molar-refractivity contribution in [2.24, 2.45) is 0 Å². The molecule has 0 aliphatic carbocycles. The molecule has 0 saturated heterocycles. The molecule has 0 aliphatic rings. The van der Waals surface area contributed by atoms with Crippen LogP contribution in [0.1, 0.15) is 38.7 Å². The molecule has 0 unspecified atom stereocenters. The quantitative estimate of drug-likeness (QED) is 0.466. The first kappa shape index (κ1) is 27.2. The van der Waals surface area contributed by atoms with E-state index in [0.29, 0.717) is 30.9 Å². The molecule has 34 heavy (non-hydrogen) atoms. The predicted molar refractivity (Wildman–Crippen MR) is 134 cm³/mol. The topological polar surface area (TPSA) is 96.0 Å². The maximum atomic E-state index is 13.2. The smallest absolute Gasteiger partial charge is 0.242 e. The Labute approximate surface area is 202 Å². The molecule has 1 N–H and O–H groups in total. The molecule has 0 fully saturated rings. The van der Waals surface area contributed by atoms with Crippen LogP contribution in [0.25, 0.3) is 0 Å². The first-order chi connectivity index (χ1) is 16.2. The molecule has 186 valence electrons. The normalized spacial score (nSPS) is 12.0. The van der Waals surface area contributed by atoms with Gasteiger partial charge in [-0.25, -0.2) is 8.42 Å². The number of benzene rings is 2. The van der Waals surface area contributed by atoms with Gasteiger partial charge >= 0.3 is 0 Å². The van der Waals surface area contributed by atoms with Crippen LogP contribution in [-0.2, 0) is 26.2 Å². The van der Waals surface area contributed by atoms with Gasteiger partial charge in [-0.15, -0.1) is 0 Å². The van der Waals surface area contributed by atoms with Crippen molar-refractivity contribution in [2.75, 3.05) is 30.8 Å². The van der Waals surface area contributed by atoms with Crippen LogP contribution in [0.4, 0.5) is 5.69 Å². The Morgan fingerprint density at radius 3 is 2.32 bits per heavy atom. The summed E-state index contributed by atoms with van der Waals surface area (Å²) in [6, 6.07) is 15.7. The number of nitrogens with one attached hydrogen (secondary N) is 1. The number of carbonyl (C=O) groups is 2. The minimum atomic E-state index is -3.59. The molecular weight excluding hydrogens is 454 g/mol. The molecule has 0 aliphatic heterocycles. The second kappa shape index (κ2) is 13.0. The maximum Gasteiger partial charge on any atom is 0.242 e. The van der Waals surface area contributed by atoms with Gasteiger partial charge in [0.15, 0.2) is 0 Å². The van der Waals surface area contributed by atoms with Crippen LogP contribution in [0.2, 0.25) is 0 Å². The average Bonchev–Trinajstić information content (AvgIpc) is 2.83. The Balaban J connectivity index is 2.15. The van der Waals surface area contributed by atoms with Gasteiger partial charge in [0.25, 0.3) is 0 Å². The highest BCUT2D eigenvalue weighted by molar-refractivity contribution is 7.92. The van der Waals surface area contributed by atoms with E-state index in [2.05, 4.69) is 5.32 Å². The van der Waals surface area contributed by atoms with E-state index in [0.717, 1.165) is 18.2 Å². The number of rotatable bonds is 13. The van der Waals surface area contributed by atoms with Crippen molar-refractivity contribution in [3.05, 3.63) is 60.2 Å². The number of sulfonamides is 1. The Hall–Kier alpha value is -3.07. The molecule has 2 rings (SSSR count). The lowest BCUT2D eigenvalue weighted by atomic mass is 10.1. The highest BCUT2D eigenvalue weighted by Gasteiger charge is 2.27. The molecule has 0 aromatic heterocycles. The van der Waals surface area contributed by atoms with Gasteiger partial charge in [-0.1, -0.05) is 49.4 Å². The number of carbonyl (C=O) groups excluding carboxylic acids is 2. The minimum Gasteiger partial charge on any atom is -0.495 e. The molecule has 2 amide bonds. The van der Waals surface area contributed by atoms with Crippen molar-refractivity contribution in [1.29, 1.82) is 0 Å². The molecule has 8 nitrogen and oxygen atoms in total. The molecule has 2 aromatic rings. The third-order valence-electron chi connectivity index (χ3n) is 5.42. The monoisotopic (exact) mass is 489 g/mol. The number of ether oxygens (including phenoxy) is 1. The third-order valence-corrected chi connectivity index (χ3v) is 6.60. The number of hydrogen-bond acceptors (Lipinski definition) is 5.